The summed E-state index contributed by atoms with van der Waals surface area (Å²) in [5.41, 5.74) is -0.0976. The zero-order chi connectivity index (χ0) is 9.26. The minimum Gasteiger partial charge on any atom is -0.267 e. The normalized spacial score (nSPS) is 16.4. The van der Waals surface area contributed by atoms with Crippen molar-refractivity contribution in [2.45, 2.75) is 24.0 Å². The molecular weight excluding hydrogens is 210 g/mol. The summed E-state index contributed by atoms with van der Waals surface area (Å²) >= 11 is 7.08. The first-order chi connectivity index (χ1) is 6.33. The van der Waals surface area contributed by atoms with E-state index in [2.05, 4.69) is 10.2 Å². The molecule has 0 aromatic carbocycles. The van der Waals surface area contributed by atoms with Gasteiger partial charge in [-0.15, -0.1) is 16.7 Å². The number of thioether (sulfide) groups is 1. The maximum absolute atomic E-state index is 11.3. The highest BCUT2D eigenvalue weighted by atomic mass is 35.5. The van der Waals surface area contributed by atoms with E-state index in [-0.39, 0.29) is 5.69 Å². The Labute approximate surface area is 84.7 Å². The van der Waals surface area contributed by atoms with Gasteiger partial charge in [-0.05, 0) is 12.8 Å². The molecule has 0 saturated heterocycles. The highest BCUT2D eigenvalue weighted by Crippen LogP contribution is 2.35. The van der Waals surface area contributed by atoms with E-state index in [1.807, 2.05) is 0 Å². The number of halogens is 1. The van der Waals surface area contributed by atoms with Crippen molar-refractivity contribution in [2.24, 2.45) is 0 Å². The summed E-state index contributed by atoms with van der Waals surface area (Å²) in [7, 11) is 0. The average molecular weight is 220 g/mol. The van der Waals surface area contributed by atoms with Gasteiger partial charge in [0, 0.05) is 17.7 Å². The molecule has 0 bridgehead atoms. The molecule has 4 nitrogen and oxygen atoms in total. The Morgan fingerprint density at radius 3 is 3.08 bits per heavy atom. The Bertz CT molecular complexity index is 344. The molecular formula is C7H10ClN3OS. The SMILES string of the molecule is O=c1[nH]nc(SCCCl)n1C1CC1. The van der Waals surface area contributed by atoms with Gasteiger partial charge < -0.3 is 0 Å². The number of nitrogens with one attached hydrogen (secondary N) is 1. The first kappa shape index (κ1) is 9.15. The number of H-pyrrole nitrogens is 1. The van der Waals surface area contributed by atoms with E-state index in [0.717, 1.165) is 23.8 Å². The topological polar surface area (TPSA) is 50.7 Å². The van der Waals surface area contributed by atoms with Crippen molar-refractivity contribution in [1.82, 2.24) is 14.8 Å². The minimum absolute atomic E-state index is 0.0976. The van der Waals surface area contributed by atoms with Crippen molar-refractivity contribution in [1.29, 1.82) is 0 Å². The number of alkyl halides is 1. The average Bonchev–Trinajstić information content (AvgIpc) is 2.88. The van der Waals surface area contributed by atoms with Crippen molar-refractivity contribution in [2.75, 3.05) is 11.6 Å². The van der Waals surface area contributed by atoms with Crippen LogP contribution in [0.3, 0.4) is 0 Å². The first-order valence-electron chi connectivity index (χ1n) is 4.18. The van der Waals surface area contributed by atoms with Crippen LogP contribution in [0.2, 0.25) is 0 Å². The van der Waals surface area contributed by atoms with Gasteiger partial charge >= 0.3 is 5.69 Å². The highest BCUT2D eigenvalue weighted by Gasteiger charge is 2.28. The van der Waals surface area contributed by atoms with E-state index in [0.29, 0.717) is 11.9 Å². The number of hydrogen-bond donors (Lipinski definition) is 1. The third-order valence-electron chi connectivity index (χ3n) is 1.89. The van der Waals surface area contributed by atoms with Crippen LogP contribution in [-0.4, -0.2) is 26.4 Å². The summed E-state index contributed by atoms with van der Waals surface area (Å²) in [6, 6.07) is 0.379. The molecule has 0 radical (unpaired) electrons. The van der Waals surface area contributed by atoms with Crippen LogP contribution in [-0.2, 0) is 0 Å². The van der Waals surface area contributed by atoms with Crippen LogP contribution in [0.5, 0.6) is 0 Å². The number of hydrogen-bond acceptors (Lipinski definition) is 3. The fraction of sp³-hybridized carbons (Fsp3) is 0.714. The number of aromatic amines is 1. The summed E-state index contributed by atoms with van der Waals surface area (Å²) in [6.07, 6.45) is 2.18. The Kier molecular flexibility index (Phi) is 2.64. The predicted molar refractivity (Wildman–Crippen MR) is 52.6 cm³/mol. The molecule has 1 aliphatic carbocycles. The Morgan fingerprint density at radius 1 is 1.69 bits per heavy atom. The van der Waals surface area contributed by atoms with Gasteiger partial charge in [-0.1, -0.05) is 11.8 Å². The van der Waals surface area contributed by atoms with Crippen LogP contribution in [0, 0.1) is 0 Å². The van der Waals surface area contributed by atoms with E-state index in [1.165, 1.54) is 11.8 Å². The molecule has 13 heavy (non-hydrogen) atoms. The van der Waals surface area contributed by atoms with Crippen LogP contribution in [0.15, 0.2) is 9.95 Å². The Hall–Kier alpha value is -0.420. The lowest BCUT2D eigenvalue weighted by molar-refractivity contribution is 0.642. The molecule has 72 valence electrons. The molecule has 0 amide bonds. The highest BCUT2D eigenvalue weighted by molar-refractivity contribution is 7.99. The molecule has 1 aromatic heterocycles. The second kappa shape index (κ2) is 3.75. The van der Waals surface area contributed by atoms with Crippen LogP contribution in [0.4, 0.5) is 0 Å². The molecule has 0 atom stereocenters. The monoisotopic (exact) mass is 219 g/mol. The van der Waals surface area contributed by atoms with Crippen LogP contribution >= 0.6 is 23.4 Å². The lowest BCUT2D eigenvalue weighted by Gasteiger charge is -2.00. The number of rotatable bonds is 4. The number of nitrogens with zero attached hydrogens (tertiary/aromatic N) is 2. The van der Waals surface area contributed by atoms with Crippen LogP contribution in [0.1, 0.15) is 18.9 Å². The third-order valence-corrected chi connectivity index (χ3v) is 3.26. The Balaban J connectivity index is 2.18. The largest absolute Gasteiger partial charge is 0.344 e. The van der Waals surface area contributed by atoms with Gasteiger partial charge in [0.05, 0.1) is 0 Å². The molecule has 1 N–H and O–H groups in total. The fourth-order valence-electron chi connectivity index (χ4n) is 1.18. The van der Waals surface area contributed by atoms with Gasteiger partial charge in [0.2, 0.25) is 0 Å². The first-order valence-corrected chi connectivity index (χ1v) is 5.70. The van der Waals surface area contributed by atoms with Crippen molar-refractivity contribution in [3.8, 4) is 0 Å². The van der Waals surface area contributed by atoms with Gasteiger partial charge in [0.25, 0.3) is 0 Å². The van der Waals surface area contributed by atoms with E-state index in [4.69, 9.17) is 11.6 Å². The van der Waals surface area contributed by atoms with Crippen LogP contribution < -0.4 is 5.69 Å². The minimum atomic E-state index is -0.0976. The van der Waals surface area contributed by atoms with E-state index < -0.39 is 0 Å². The summed E-state index contributed by atoms with van der Waals surface area (Å²) < 4.78 is 1.73. The second-order valence-corrected chi connectivity index (χ2v) is 4.39. The van der Waals surface area contributed by atoms with Gasteiger partial charge in [0.15, 0.2) is 5.16 Å². The van der Waals surface area contributed by atoms with Crippen molar-refractivity contribution < 1.29 is 0 Å². The molecule has 2 rings (SSSR count). The summed E-state index contributed by atoms with van der Waals surface area (Å²) in [5, 5.41) is 7.18. The maximum Gasteiger partial charge on any atom is 0.344 e. The van der Waals surface area contributed by atoms with Crippen molar-refractivity contribution in [3.63, 3.8) is 0 Å². The molecule has 1 saturated carbocycles. The van der Waals surface area contributed by atoms with E-state index in [1.54, 1.807) is 4.57 Å². The Morgan fingerprint density at radius 2 is 2.46 bits per heavy atom. The zero-order valence-corrected chi connectivity index (χ0v) is 8.57. The van der Waals surface area contributed by atoms with Gasteiger partial charge in [-0.3, -0.25) is 4.57 Å². The van der Waals surface area contributed by atoms with Crippen LogP contribution in [0.25, 0.3) is 0 Å². The van der Waals surface area contributed by atoms with E-state index in [9.17, 15) is 4.79 Å². The summed E-state index contributed by atoms with van der Waals surface area (Å²) in [6.45, 7) is 0. The van der Waals surface area contributed by atoms with Crippen molar-refractivity contribution >= 4 is 23.4 Å². The molecule has 0 unspecified atom stereocenters. The van der Waals surface area contributed by atoms with Gasteiger partial charge in [-0.25, -0.2) is 9.89 Å². The molecule has 0 aliphatic heterocycles. The lowest BCUT2D eigenvalue weighted by atomic mass is 10.7. The smallest absolute Gasteiger partial charge is 0.267 e. The molecule has 1 aliphatic rings. The lowest BCUT2D eigenvalue weighted by Crippen LogP contribution is -2.16. The maximum atomic E-state index is 11.3. The van der Waals surface area contributed by atoms with Gasteiger partial charge in [0.1, 0.15) is 0 Å². The third kappa shape index (κ3) is 1.91. The number of aromatic nitrogens is 3. The molecule has 1 fully saturated rings. The zero-order valence-electron chi connectivity index (χ0n) is 6.99. The van der Waals surface area contributed by atoms with Crippen molar-refractivity contribution in [3.05, 3.63) is 10.5 Å². The molecule has 1 heterocycles. The standard InChI is InChI=1S/C7H10ClN3OS/c8-3-4-13-7-10-9-6(12)11(7)5-1-2-5/h5H,1-4H2,(H,9,12). The molecule has 1 aromatic rings. The molecule has 6 heteroatoms. The molecule has 0 spiro atoms. The quantitative estimate of drug-likeness (QED) is 0.612. The summed E-state index contributed by atoms with van der Waals surface area (Å²) in [4.78, 5) is 11.3. The predicted octanol–water partition coefficient (Wildman–Crippen LogP) is 1.24. The second-order valence-electron chi connectivity index (χ2n) is 2.95. The summed E-state index contributed by atoms with van der Waals surface area (Å²) in [5.74, 6) is 1.37. The fourth-order valence-corrected chi connectivity index (χ4v) is 2.15. The van der Waals surface area contributed by atoms with E-state index >= 15 is 0 Å². The van der Waals surface area contributed by atoms with Gasteiger partial charge in [-0.2, -0.15) is 0 Å².